The van der Waals surface area contributed by atoms with Crippen molar-refractivity contribution in [3.8, 4) is 0 Å². The molecule has 3 atom stereocenters. The van der Waals surface area contributed by atoms with Crippen molar-refractivity contribution >= 4 is 0 Å². The molecule has 0 spiro atoms. The van der Waals surface area contributed by atoms with E-state index in [0.717, 1.165) is 12.8 Å². The Labute approximate surface area is 121 Å². The lowest BCUT2D eigenvalue weighted by Crippen LogP contribution is -2.40. The van der Waals surface area contributed by atoms with E-state index in [9.17, 15) is 0 Å². The lowest BCUT2D eigenvalue weighted by molar-refractivity contribution is -0.0593. The molecule has 0 unspecified atom stereocenters. The highest BCUT2D eigenvalue weighted by Crippen LogP contribution is 2.20. The van der Waals surface area contributed by atoms with Gasteiger partial charge in [0.15, 0.2) is 0 Å². The van der Waals surface area contributed by atoms with Crippen molar-refractivity contribution in [2.45, 2.75) is 38.1 Å². The van der Waals surface area contributed by atoms with Crippen molar-refractivity contribution in [3.05, 3.63) is 25.3 Å². The fourth-order valence-electron chi connectivity index (χ4n) is 1.98. The van der Waals surface area contributed by atoms with Gasteiger partial charge in [0.1, 0.15) is 18.3 Å². The molecule has 0 aromatic heterocycles. The van der Waals surface area contributed by atoms with Crippen LogP contribution in [0.1, 0.15) is 19.8 Å². The molecule has 20 heavy (non-hydrogen) atoms. The van der Waals surface area contributed by atoms with Gasteiger partial charge in [-0.05, 0) is 6.42 Å². The van der Waals surface area contributed by atoms with Gasteiger partial charge in [-0.15, -0.1) is 13.2 Å². The average molecular weight is 285 g/mol. The normalized spacial score (nSPS) is 25.8. The van der Waals surface area contributed by atoms with Crippen molar-refractivity contribution in [1.29, 1.82) is 0 Å². The Morgan fingerprint density at radius 3 is 2.70 bits per heavy atom. The lowest BCUT2D eigenvalue weighted by Gasteiger charge is -2.22. The molecule has 0 radical (unpaired) electrons. The molecule has 116 valence electrons. The molecule has 1 saturated heterocycles. The topological polar surface area (TPSA) is 49.0 Å². The largest absolute Gasteiger partial charge is 0.371 e. The first-order valence-electron chi connectivity index (χ1n) is 7.24. The molecule has 0 bridgehead atoms. The Kier molecular flexibility index (Phi) is 9.53. The van der Waals surface area contributed by atoms with Gasteiger partial charge in [0, 0.05) is 6.54 Å². The van der Waals surface area contributed by atoms with Gasteiger partial charge in [0.2, 0.25) is 0 Å². The summed E-state index contributed by atoms with van der Waals surface area (Å²) in [5, 5.41) is 0. The zero-order valence-corrected chi connectivity index (χ0v) is 12.4. The van der Waals surface area contributed by atoms with E-state index >= 15 is 0 Å². The number of rotatable bonds is 12. The van der Waals surface area contributed by atoms with E-state index < -0.39 is 0 Å². The van der Waals surface area contributed by atoms with Crippen LogP contribution in [0.3, 0.4) is 0 Å². The molecule has 1 N–H and O–H groups in total. The first-order valence-corrected chi connectivity index (χ1v) is 7.24. The maximum atomic E-state index is 5.75. The summed E-state index contributed by atoms with van der Waals surface area (Å²) in [7, 11) is 0. The molecule has 0 saturated carbocycles. The summed E-state index contributed by atoms with van der Waals surface area (Å²) >= 11 is 0. The minimum absolute atomic E-state index is 0.0737. The maximum absolute atomic E-state index is 5.75. The van der Waals surface area contributed by atoms with Crippen LogP contribution >= 0.6 is 0 Å². The van der Waals surface area contributed by atoms with Crippen molar-refractivity contribution in [2.24, 2.45) is 0 Å². The standard InChI is InChI=1S/C15H27NO4/c1-4-7-10-20-16-11-13-15(18-9-6-3)14(12-19-13)17-8-5-2/h5-6,13-16H,2-4,7-12H2,1H3/t13-,14+,15+/m0/s1. The molecule has 1 rings (SSSR count). The van der Waals surface area contributed by atoms with Crippen molar-refractivity contribution in [3.63, 3.8) is 0 Å². The number of nitrogens with one attached hydrogen (secondary N) is 1. The molecule has 5 heteroatoms. The predicted octanol–water partition coefficient (Wildman–Crippen LogP) is 1.85. The van der Waals surface area contributed by atoms with Gasteiger partial charge < -0.3 is 19.0 Å². The Bertz CT molecular complexity index is 273. The number of hydrogen-bond acceptors (Lipinski definition) is 5. The zero-order chi connectivity index (χ0) is 14.6. The third-order valence-corrected chi connectivity index (χ3v) is 3.03. The van der Waals surface area contributed by atoms with Crippen LogP contribution in [0.15, 0.2) is 25.3 Å². The Balaban J connectivity index is 2.34. The summed E-state index contributed by atoms with van der Waals surface area (Å²) in [6.07, 6.45) is 5.34. The fourth-order valence-corrected chi connectivity index (χ4v) is 1.98. The number of ether oxygens (including phenoxy) is 3. The van der Waals surface area contributed by atoms with Gasteiger partial charge in [-0.2, -0.15) is 5.48 Å². The van der Waals surface area contributed by atoms with Crippen LogP contribution in [0.4, 0.5) is 0 Å². The minimum atomic E-state index is -0.116. The minimum Gasteiger partial charge on any atom is -0.371 e. The van der Waals surface area contributed by atoms with Gasteiger partial charge in [0.05, 0.1) is 26.4 Å². The van der Waals surface area contributed by atoms with E-state index in [-0.39, 0.29) is 18.3 Å². The number of hydrogen-bond donors (Lipinski definition) is 1. The predicted molar refractivity (Wildman–Crippen MR) is 78.5 cm³/mol. The molecule has 1 fully saturated rings. The summed E-state index contributed by atoms with van der Waals surface area (Å²) in [5.41, 5.74) is 2.94. The monoisotopic (exact) mass is 285 g/mol. The molecular formula is C15H27NO4. The third-order valence-electron chi connectivity index (χ3n) is 3.03. The van der Waals surface area contributed by atoms with Gasteiger partial charge >= 0.3 is 0 Å². The van der Waals surface area contributed by atoms with Gasteiger partial charge in [-0.25, -0.2) is 0 Å². The van der Waals surface area contributed by atoms with Gasteiger partial charge in [0.25, 0.3) is 0 Å². The zero-order valence-electron chi connectivity index (χ0n) is 12.4. The van der Waals surface area contributed by atoms with E-state index in [1.165, 1.54) is 0 Å². The van der Waals surface area contributed by atoms with E-state index in [2.05, 4.69) is 25.6 Å². The first-order chi connectivity index (χ1) is 9.83. The summed E-state index contributed by atoms with van der Waals surface area (Å²) in [6, 6.07) is 0. The average Bonchev–Trinajstić information content (AvgIpc) is 2.84. The Morgan fingerprint density at radius 2 is 2.00 bits per heavy atom. The second-order valence-corrected chi connectivity index (χ2v) is 4.67. The molecule has 0 amide bonds. The maximum Gasteiger partial charge on any atom is 0.114 e. The van der Waals surface area contributed by atoms with E-state index in [0.29, 0.717) is 33.0 Å². The second kappa shape index (κ2) is 11.0. The molecule has 5 nitrogen and oxygen atoms in total. The quantitative estimate of drug-likeness (QED) is 0.337. The highest BCUT2D eigenvalue weighted by Gasteiger charge is 2.38. The molecule has 1 aliphatic heterocycles. The van der Waals surface area contributed by atoms with E-state index in [1.54, 1.807) is 12.2 Å². The van der Waals surface area contributed by atoms with Crippen LogP contribution in [0.25, 0.3) is 0 Å². The van der Waals surface area contributed by atoms with Gasteiger partial charge in [-0.3, -0.25) is 0 Å². The SMILES string of the molecule is C=CCO[C@@H]1[C@H](CNOCCCC)OC[C@H]1OCC=C. The molecule has 1 heterocycles. The molecule has 0 aromatic carbocycles. The van der Waals surface area contributed by atoms with Crippen molar-refractivity contribution < 1.29 is 19.0 Å². The summed E-state index contributed by atoms with van der Waals surface area (Å²) in [5.74, 6) is 0. The van der Waals surface area contributed by atoms with Crippen LogP contribution in [0.5, 0.6) is 0 Å². The highest BCUT2D eigenvalue weighted by molar-refractivity contribution is 4.88. The van der Waals surface area contributed by atoms with Crippen LogP contribution < -0.4 is 5.48 Å². The Morgan fingerprint density at radius 1 is 1.25 bits per heavy atom. The van der Waals surface area contributed by atoms with Crippen LogP contribution in [-0.4, -0.2) is 51.3 Å². The summed E-state index contributed by atoms with van der Waals surface area (Å²) in [4.78, 5) is 5.34. The van der Waals surface area contributed by atoms with Crippen molar-refractivity contribution in [2.75, 3.05) is 33.0 Å². The second-order valence-electron chi connectivity index (χ2n) is 4.67. The fraction of sp³-hybridized carbons (Fsp3) is 0.733. The Hall–Kier alpha value is -0.720. The van der Waals surface area contributed by atoms with Gasteiger partial charge in [-0.1, -0.05) is 25.5 Å². The molecular weight excluding hydrogens is 258 g/mol. The first kappa shape index (κ1) is 17.3. The summed E-state index contributed by atoms with van der Waals surface area (Å²) < 4.78 is 17.1. The number of hydroxylamine groups is 1. The van der Waals surface area contributed by atoms with Crippen LogP contribution in [0.2, 0.25) is 0 Å². The highest BCUT2D eigenvalue weighted by atomic mass is 16.6. The van der Waals surface area contributed by atoms with Crippen LogP contribution in [0, 0.1) is 0 Å². The molecule has 0 aromatic rings. The number of unbranched alkanes of at least 4 members (excludes halogenated alkanes) is 1. The van der Waals surface area contributed by atoms with E-state index in [4.69, 9.17) is 19.0 Å². The van der Waals surface area contributed by atoms with Crippen molar-refractivity contribution in [1.82, 2.24) is 5.48 Å². The van der Waals surface area contributed by atoms with E-state index in [1.807, 2.05) is 0 Å². The smallest absolute Gasteiger partial charge is 0.114 e. The molecule has 0 aliphatic carbocycles. The lowest BCUT2D eigenvalue weighted by atomic mass is 10.1. The summed E-state index contributed by atoms with van der Waals surface area (Å²) in [6.45, 7) is 12.2. The third kappa shape index (κ3) is 6.15. The molecule has 1 aliphatic rings. The van der Waals surface area contributed by atoms with Crippen LogP contribution in [-0.2, 0) is 19.0 Å².